The highest BCUT2D eigenvalue weighted by Crippen LogP contribution is 2.49. The molecule has 1 saturated carbocycles. The van der Waals surface area contributed by atoms with E-state index in [2.05, 4.69) is 35.0 Å². The first-order valence-electron chi connectivity index (χ1n) is 16.9. The van der Waals surface area contributed by atoms with Gasteiger partial charge in [-0.2, -0.15) is 0 Å². The summed E-state index contributed by atoms with van der Waals surface area (Å²) in [6, 6.07) is 20.8. The maximum atomic E-state index is 13.4. The molecule has 0 unspecified atom stereocenters. The molecule has 4 aromatic rings. The van der Waals surface area contributed by atoms with Crippen molar-refractivity contribution in [3.63, 3.8) is 0 Å². The number of pyridine rings is 1. The number of imidazole rings is 1. The summed E-state index contributed by atoms with van der Waals surface area (Å²) in [5.41, 5.74) is 4.70. The Kier molecular flexibility index (Phi) is 9.15. The number of benzene rings is 2. The van der Waals surface area contributed by atoms with E-state index >= 15 is 0 Å². The van der Waals surface area contributed by atoms with Crippen LogP contribution in [-0.2, 0) is 29.9 Å². The van der Waals surface area contributed by atoms with Gasteiger partial charge >= 0.3 is 0 Å². The van der Waals surface area contributed by atoms with Gasteiger partial charge in [-0.25, -0.2) is 9.97 Å². The molecule has 1 aliphatic carbocycles. The van der Waals surface area contributed by atoms with Gasteiger partial charge in [-0.15, -0.1) is 0 Å². The number of nitrogens with zero attached hydrogens (tertiary/aromatic N) is 6. The molecule has 7 rings (SSSR count). The molecule has 2 N–H and O–H groups in total. The summed E-state index contributed by atoms with van der Waals surface area (Å²) in [6.45, 7) is 5.38. The van der Waals surface area contributed by atoms with Crippen molar-refractivity contribution in [2.45, 2.75) is 44.4 Å². The normalized spacial score (nSPS) is 16.8. The minimum atomic E-state index is -0.280. The van der Waals surface area contributed by atoms with E-state index in [1.54, 1.807) is 25.1 Å². The predicted molar refractivity (Wildman–Crippen MR) is 185 cm³/mol. The molecule has 2 aromatic heterocycles. The third-order valence-corrected chi connectivity index (χ3v) is 9.86. The molecule has 4 heterocycles. The lowest BCUT2D eigenvalue weighted by atomic mass is 9.72. The number of amides is 3. The summed E-state index contributed by atoms with van der Waals surface area (Å²) >= 11 is 0. The maximum absolute atomic E-state index is 13.4. The fourth-order valence-electron chi connectivity index (χ4n) is 6.98. The van der Waals surface area contributed by atoms with Crippen molar-refractivity contribution in [1.82, 2.24) is 29.7 Å². The van der Waals surface area contributed by atoms with Gasteiger partial charge in [0.25, 0.3) is 17.7 Å². The van der Waals surface area contributed by atoms with Crippen LogP contribution in [0.15, 0.2) is 72.9 Å². The molecule has 49 heavy (non-hydrogen) atoms. The second kappa shape index (κ2) is 13.8. The van der Waals surface area contributed by atoms with Crippen molar-refractivity contribution in [3.05, 3.63) is 107 Å². The minimum absolute atomic E-state index is 0.00439. The van der Waals surface area contributed by atoms with Crippen LogP contribution >= 0.6 is 0 Å². The van der Waals surface area contributed by atoms with Crippen molar-refractivity contribution >= 4 is 29.2 Å². The molecule has 1 saturated heterocycles. The van der Waals surface area contributed by atoms with Crippen LogP contribution in [0, 0.1) is 0 Å². The number of ether oxygens (including phenoxy) is 1. The van der Waals surface area contributed by atoms with Gasteiger partial charge in [-0.1, -0.05) is 30.3 Å². The first-order chi connectivity index (χ1) is 23.8. The molecule has 2 aliphatic heterocycles. The Morgan fingerprint density at radius 3 is 2.31 bits per heavy atom. The van der Waals surface area contributed by atoms with E-state index in [1.807, 2.05) is 66.9 Å². The van der Waals surface area contributed by atoms with Crippen molar-refractivity contribution in [2.24, 2.45) is 0 Å². The van der Waals surface area contributed by atoms with Gasteiger partial charge in [0.15, 0.2) is 5.82 Å². The predicted octanol–water partition coefficient (Wildman–Crippen LogP) is 3.89. The zero-order chi connectivity index (χ0) is 34.0. The highest BCUT2D eigenvalue weighted by Gasteiger charge is 2.49. The summed E-state index contributed by atoms with van der Waals surface area (Å²) in [5.74, 6) is 0.705. The average Bonchev–Trinajstić information content (AvgIpc) is 3.55. The van der Waals surface area contributed by atoms with Crippen LogP contribution in [0.5, 0.6) is 0 Å². The van der Waals surface area contributed by atoms with Gasteiger partial charge in [0.1, 0.15) is 11.5 Å². The molecule has 2 aromatic carbocycles. The lowest BCUT2D eigenvalue weighted by molar-refractivity contribution is -0.0217. The highest BCUT2D eigenvalue weighted by atomic mass is 16.5. The SMILES string of the molecule is CN(C)C(=O)c1ccc(CN2CCn3c(cnc3C(=O)NCc3ccc(NC(=O)c4cccc(N5CCOCC5)n4)cc3)C23CCC3)cc1. The van der Waals surface area contributed by atoms with E-state index in [0.29, 0.717) is 49.1 Å². The first-order valence-corrected chi connectivity index (χ1v) is 16.9. The zero-order valence-electron chi connectivity index (χ0n) is 28.0. The van der Waals surface area contributed by atoms with Crippen LogP contribution in [0.2, 0.25) is 0 Å². The number of carbonyl (C=O) groups is 3. The molecule has 0 bridgehead atoms. The number of carbonyl (C=O) groups excluding carboxylic acids is 3. The lowest BCUT2D eigenvalue weighted by Crippen LogP contribution is -2.56. The molecule has 0 radical (unpaired) electrons. The van der Waals surface area contributed by atoms with Crippen molar-refractivity contribution in [2.75, 3.05) is 57.2 Å². The van der Waals surface area contributed by atoms with Crippen molar-refractivity contribution in [1.29, 1.82) is 0 Å². The van der Waals surface area contributed by atoms with Gasteiger partial charge in [0.05, 0.1) is 30.6 Å². The molecule has 12 nitrogen and oxygen atoms in total. The molecular formula is C37H42N8O4. The Balaban J connectivity index is 0.954. The summed E-state index contributed by atoms with van der Waals surface area (Å²) in [6.07, 6.45) is 5.06. The standard InChI is InChI=1S/C37H42N8O4/c1-42(2)36(48)28-11-7-27(8-12-28)25-44-17-18-45-31(37(44)15-4-16-37)24-38-33(45)35(47)39-23-26-9-13-29(14-10-26)40-34(46)30-5-3-6-32(41-30)43-19-21-49-22-20-43/h3,5-14,24H,4,15-23,25H2,1-2H3,(H,39,47)(H,40,46). The van der Waals surface area contributed by atoms with E-state index in [0.717, 1.165) is 68.1 Å². The Bertz CT molecular complexity index is 1830. The quantitative estimate of drug-likeness (QED) is 0.277. The molecular weight excluding hydrogens is 620 g/mol. The van der Waals surface area contributed by atoms with Crippen LogP contribution in [0.1, 0.15) is 67.5 Å². The molecule has 3 amide bonds. The summed E-state index contributed by atoms with van der Waals surface area (Å²) < 4.78 is 7.51. The molecule has 3 aliphatic rings. The van der Waals surface area contributed by atoms with Crippen LogP contribution in [0.3, 0.4) is 0 Å². The van der Waals surface area contributed by atoms with Gasteiger partial charge in [0, 0.05) is 64.6 Å². The van der Waals surface area contributed by atoms with Crippen molar-refractivity contribution < 1.29 is 19.1 Å². The number of hydrogen-bond acceptors (Lipinski definition) is 8. The second-order valence-corrected chi connectivity index (χ2v) is 13.1. The largest absolute Gasteiger partial charge is 0.378 e. The Morgan fingerprint density at radius 2 is 1.61 bits per heavy atom. The van der Waals surface area contributed by atoms with E-state index in [1.165, 1.54) is 0 Å². The number of aromatic nitrogens is 3. The summed E-state index contributed by atoms with van der Waals surface area (Å²) in [4.78, 5) is 54.0. The monoisotopic (exact) mass is 662 g/mol. The summed E-state index contributed by atoms with van der Waals surface area (Å²) in [5, 5.41) is 5.95. The highest BCUT2D eigenvalue weighted by molar-refractivity contribution is 6.03. The van der Waals surface area contributed by atoms with E-state index in [-0.39, 0.29) is 23.3 Å². The van der Waals surface area contributed by atoms with Crippen LogP contribution < -0.4 is 15.5 Å². The Morgan fingerprint density at radius 1 is 0.878 bits per heavy atom. The number of hydrogen-bond donors (Lipinski definition) is 2. The minimum Gasteiger partial charge on any atom is -0.378 e. The van der Waals surface area contributed by atoms with Gasteiger partial charge in [-0.05, 0) is 66.8 Å². The summed E-state index contributed by atoms with van der Waals surface area (Å²) in [7, 11) is 3.52. The number of morpholine rings is 1. The van der Waals surface area contributed by atoms with Crippen LogP contribution in [0.4, 0.5) is 11.5 Å². The molecule has 0 atom stereocenters. The van der Waals surface area contributed by atoms with Gasteiger partial charge < -0.3 is 29.7 Å². The Labute approximate surface area is 286 Å². The number of rotatable bonds is 9. The fourth-order valence-corrected chi connectivity index (χ4v) is 6.98. The fraction of sp³-hybridized carbons (Fsp3) is 0.378. The van der Waals surface area contributed by atoms with Gasteiger partial charge in [-0.3, -0.25) is 19.3 Å². The molecule has 2 fully saturated rings. The topological polar surface area (TPSA) is 125 Å². The maximum Gasteiger partial charge on any atom is 0.287 e. The van der Waals surface area contributed by atoms with E-state index in [9.17, 15) is 14.4 Å². The zero-order valence-corrected chi connectivity index (χ0v) is 28.0. The molecule has 1 spiro atoms. The van der Waals surface area contributed by atoms with E-state index in [4.69, 9.17) is 4.74 Å². The third kappa shape index (κ3) is 6.66. The number of fused-ring (bicyclic) bond motifs is 2. The van der Waals surface area contributed by atoms with Crippen LogP contribution in [0.25, 0.3) is 0 Å². The smallest absolute Gasteiger partial charge is 0.287 e. The van der Waals surface area contributed by atoms with E-state index < -0.39 is 0 Å². The second-order valence-electron chi connectivity index (χ2n) is 13.1. The molecule has 254 valence electrons. The van der Waals surface area contributed by atoms with Gasteiger partial charge in [0.2, 0.25) is 0 Å². The Hall–Kier alpha value is -5.07. The van der Waals surface area contributed by atoms with Crippen LogP contribution in [-0.4, -0.2) is 89.0 Å². The van der Waals surface area contributed by atoms with Crippen molar-refractivity contribution in [3.8, 4) is 0 Å². The molecule has 12 heteroatoms. The third-order valence-electron chi connectivity index (χ3n) is 9.86. The number of nitrogens with one attached hydrogen (secondary N) is 2. The average molecular weight is 663 g/mol. The lowest BCUT2D eigenvalue weighted by Gasteiger charge is -2.53. The first kappa shape index (κ1) is 32.5. The number of anilines is 2.